The predicted octanol–water partition coefficient (Wildman–Crippen LogP) is 5.56. The lowest BCUT2D eigenvalue weighted by molar-refractivity contribution is 0.138. The molecule has 31 heavy (non-hydrogen) atoms. The quantitative estimate of drug-likeness (QED) is 0.330. The maximum Gasteiger partial charge on any atom is 0.139 e. The molecule has 0 amide bonds. The van der Waals surface area contributed by atoms with Gasteiger partial charge in [0, 0.05) is 25.5 Å². The number of aromatic nitrogens is 2. The van der Waals surface area contributed by atoms with Gasteiger partial charge in [0.1, 0.15) is 17.9 Å². The van der Waals surface area contributed by atoms with Crippen LogP contribution in [0.2, 0.25) is 0 Å². The highest BCUT2D eigenvalue weighted by atomic mass is 16.5. The van der Waals surface area contributed by atoms with Crippen LogP contribution in [0.5, 0.6) is 5.75 Å². The Morgan fingerprint density at radius 3 is 2.84 bits per heavy atom. The van der Waals surface area contributed by atoms with E-state index in [4.69, 9.17) is 4.74 Å². The van der Waals surface area contributed by atoms with Crippen LogP contribution in [-0.4, -0.2) is 55.2 Å². The van der Waals surface area contributed by atoms with Crippen molar-refractivity contribution in [3.05, 3.63) is 37.2 Å². The molecule has 1 aromatic carbocycles. The number of nitrogens with zero attached hydrogens (tertiary/aromatic N) is 4. The van der Waals surface area contributed by atoms with E-state index in [1.807, 2.05) is 18.2 Å². The summed E-state index contributed by atoms with van der Waals surface area (Å²) in [5.41, 5.74) is 0.953. The van der Waals surface area contributed by atoms with E-state index >= 15 is 0 Å². The summed E-state index contributed by atoms with van der Waals surface area (Å²) in [6.45, 7) is 11.1. The smallest absolute Gasteiger partial charge is 0.139 e. The first-order valence-corrected chi connectivity index (χ1v) is 12.0. The molecule has 3 rings (SSSR count). The Morgan fingerprint density at radius 2 is 2.06 bits per heavy atom. The molecule has 0 aliphatic carbocycles. The molecule has 0 bridgehead atoms. The van der Waals surface area contributed by atoms with Gasteiger partial charge in [-0.3, -0.25) is 0 Å². The minimum atomic E-state index is 0.583. The van der Waals surface area contributed by atoms with Crippen molar-refractivity contribution in [1.82, 2.24) is 14.9 Å². The molecule has 2 aromatic rings. The van der Waals surface area contributed by atoms with Crippen LogP contribution < -0.4 is 9.64 Å². The highest BCUT2D eigenvalue weighted by molar-refractivity contribution is 5.90. The second-order valence-corrected chi connectivity index (χ2v) is 8.95. The fraction of sp³-hybridized carbons (Fsp3) is 0.615. The Morgan fingerprint density at radius 1 is 1.23 bits per heavy atom. The predicted molar refractivity (Wildman–Crippen MR) is 131 cm³/mol. The molecular weight excluding hydrogens is 384 g/mol. The Labute approximate surface area is 188 Å². The van der Waals surface area contributed by atoms with Crippen molar-refractivity contribution in [1.29, 1.82) is 0 Å². The number of piperidine rings is 1. The van der Waals surface area contributed by atoms with Crippen molar-refractivity contribution in [3.8, 4) is 5.75 Å². The van der Waals surface area contributed by atoms with Gasteiger partial charge in [-0.05, 0) is 62.4 Å². The monoisotopic (exact) mass is 424 g/mol. The van der Waals surface area contributed by atoms with Crippen LogP contribution >= 0.6 is 0 Å². The number of fused-ring (bicyclic) bond motifs is 1. The molecule has 170 valence electrons. The molecule has 0 unspecified atom stereocenters. The minimum Gasteiger partial charge on any atom is -0.497 e. The molecule has 1 fully saturated rings. The normalized spacial score (nSPS) is 19.5. The molecule has 0 spiro atoms. The molecule has 5 heteroatoms. The summed E-state index contributed by atoms with van der Waals surface area (Å²) >= 11 is 0. The zero-order valence-electron chi connectivity index (χ0n) is 19.7. The molecule has 2 heterocycles. The van der Waals surface area contributed by atoms with Crippen molar-refractivity contribution in [2.45, 2.75) is 51.9 Å². The number of ether oxygens (including phenoxy) is 1. The summed E-state index contributed by atoms with van der Waals surface area (Å²) in [5, 5.41) is 1.04. The maximum absolute atomic E-state index is 5.41. The van der Waals surface area contributed by atoms with Crippen LogP contribution in [0.25, 0.3) is 10.9 Å². The molecule has 1 saturated heterocycles. The Kier molecular flexibility index (Phi) is 9.13. The lowest BCUT2D eigenvalue weighted by atomic mass is 9.83. The minimum absolute atomic E-state index is 0.583. The summed E-state index contributed by atoms with van der Waals surface area (Å²) in [5.74, 6) is 3.09. The zero-order valence-corrected chi connectivity index (χ0v) is 19.7. The van der Waals surface area contributed by atoms with Gasteiger partial charge in [0.05, 0.1) is 12.6 Å². The Hall–Kier alpha value is -2.14. The average molecular weight is 425 g/mol. The van der Waals surface area contributed by atoms with Crippen LogP contribution in [0, 0.1) is 11.8 Å². The fourth-order valence-corrected chi connectivity index (χ4v) is 4.79. The summed E-state index contributed by atoms with van der Waals surface area (Å²) in [6, 6.07) is 5.98. The highest BCUT2D eigenvalue weighted by Gasteiger charge is 2.27. The number of benzene rings is 1. The first-order chi connectivity index (χ1) is 15.2. The van der Waals surface area contributed by atoms with E-state index < -0.39 is 0 Å². The van der Waals surface area contributed by atoms with E-state index in [1.54, 1.807) is 13.4 Å². The van der Waals surface area contributed by atoms with Crippen LogP contribution in [0.4, 0.5) is 5.82 Å². The molecule has 1 aromatic heterocycles. The van der Waals surface area contributed by atoms with Crippen molar-refractivity contribution in [2.24, 2.45) is 11.8 Å². The molecule has 1 aliphatic heterocycles. The molecule has 0 saturated carbocycles. The number of anilines is 1. The van der Waals surface area contributed by atoms with Gasteiger partial charge >= 0.3 is 0 Å². The molecule has 5 nitrogen and oxygen atoms in total. The standard InChI is InChI=1S/C26H40N4O/c1-5-7-8-9-10-15-30-17-14-22(21(6-2)19-30)13-16-29(3)26-24-18-23(31-4)11-12-25(24)27-20-28-26/h6,11-12,18,20-22H,2,5,7-10,13-17,19H2,1,3-4H3/t21-,22-/m0/s1. The summed E-state index contributed by atoms with van der Waals surface area (Å²) < 4.78 is 5.41. The SMILES string of the molecule is C=C[C@H]1CN(CCCCCCC)CC[C@@H]1CCN(C)c1ncnc2ccc(OC)cc12. The van der Waals surface area contributed by atoms with Gasteiger partial charge in [-0.25, -0.2) is 9.97 Å². The Balaban J connectivity index is 1.54. The van der Waals surface area contributed by atoms with E-state index in [0.717, 1.165) is 35.4 Å². The fourth-order valence-electron chi connectivity index (χ4n) is 4.79. The van der Waals surface area contributed by atoms with Gasteiger partial charge in [0.25, 0.3) is 0 Å². The first kappa shape index (κ1) is 23.5. The maximum atomic E-state index is 5.41. The van der Waals surface area contributed by atoms with E-state index in [9.17, 15) is 0 Å². The molecule has 0 N–H and O–H groups in total. The number of hydrogen-bond donors (Lipinski definition) is 0. The van der Waals surface area contributed by atoms with Crippen molar-refractivity contribution in [3.63, 3.8) is 0 Å². The average Bonchev–Trinajstić information content (AvgIpc) is 2.81. The second-order valence-electron chi connectivity index (χ2n) is 8.95. The third-order valence-electron chi connectivity index (χ3n) is 6.79. The van der Waals surface area contributed by atoms with Crippen LogP contribution in [0.15, 0.2) is 37.2 Å². The summed E-state index contributed by atoms with van der Waals surface area (Å²) in [7, 11) is 3.83. The van der Waals surface area contributed by atoms with Crippen molar-refractivity contribution < 1.29 is 4.74 Å². The second kappa shape index (κ2) is 12.0. The Bertz CT molecular complexity index is 824. The van der Waals surface area contributed by atoms with Gasteiger partial charge < -0.3 is 14.5 Å². The molecule has 2 atom stereocenters. The van der Waals surface area contributed by atoms with Crippen LogP contribution in [-0.2, 0) is 0 Å². The number of methoxy groups -OCH3 is 1. The van der Waals surface area contributed by atoms with Gasteiger partial charge in [-0.15, -0.1) is 6.58 Å². The topological polar surface area (TPSA) is 41.5 Å². The van der Waals surface area contributed by atoms with E-state index in [1.165, 1.54) is 58.2 Å². The van der Waals surface area contributed by atoms with Gasteiger partial charge in [0.2, 0.25) is 0 Å². The third kappa shape index (κ3) is 6.42. The number of rotatable bonds is 12. The lowest BCUT2D eigenvalue weighted by Gasteiger charge is -2.38. The van der Waals surface area contributed by atoms with Gasteiger partial charge in [-0.2, -0.15) is 0 Å². The summed E-state index contributed by atoms with van der Waals surface area (Å²) in [6.07, 6.45) is 13.1. The third-order valence-corrected chi connectivity index (χ3v) is 6.79. The van der Waals surface area contributed by atoms with Gasteiger partial charge in [0.15, 0.2) is 0 Å². The number of unbranched alkanes of at least 4 members (excludes halogenated alkanes) is 4. The number of hydrogen-bond acceptors (Lipinski definition) is 5. The van der Waals surface area contributed by atoms with E-state index in [-0.39, 0.29) is 0 Å². The van der Waals surface area contributed by atoms with Crippen molar-refractivity contribution in [2.75, 3.05) is 45.2 Å². The van der Waals surface area contributed by atoms with Crippen molar-refractivity contribution >= 4 is 16.7 Å². The zero-order chi connectivity index (χ0) is 22.1. The first-order valence-electron chi connectivity index (χ1n) is 12.0. The summed E-state index contributed by atoms with van der Waals surface area (Å²) in [4.78, 5) is 13.9. The molecule has 1 aliphatic rings. The van der Waals surface area contributed by atoms with E-state index in [0.29, 0.717) is 11.8 Å². The number of likely N-dealkylation sites (tertiary alicyclic amines) is 1. The van der Waals surface area contributed by atoms with Gasteiger partial charge in [-0.1, -0.05) is 38.7 Å². The van der Waals surface area contributed by atoms with E-state index in [2.05, 4.69) is 46.4 Å². The van der Waals surface area contributed by atoms with Crippen LogP contribution in [0.3, 0.4) is 0 Å². The highest BCUT2D eigenvalue weighted by Crippen LogP contribution is 2.30. The largest absolute Gasteiger partial charge is 0.497 e. The molecular formula is C26H40N4O. The lowest BCUT2D eigenvalue weighted by Crippen LogP contribution is -2.41. The molecule has 0 radical (unpaired) electrons. The van der Waals surface area contributed by atoms with Crippen LogP contribution in [0.1, 0.15) is 51.9 Å².